The molecule has 0 atom stereocenters. The summed E-state index contributed by atoms with van der Waals surface area (Å²) in [5, 5.41) is 5.17. The maximum absolute atomic E-state index is 12.5. The van der Waals surface area contributed by atoms with Crippen LogP contribution in [0.1, 0.15) is 20.3 Å². The van der Waals surface area contributed by atoms with E-state index in [1.165, 1.54) is 5.39 Å². The second kappa shape index (κ2) is 9.08. The molecule has 0 aliphatic carbocycles. The van der Waals surface area contributed by atoms with Crippen molar-refractivity contribution < 1.29 is 9.59 Å². The first-order valence-electron chi connectivity index (χ1n) is 10.8. The number of rotatable bonds is 8. The van der Waals surface area contributed by atoms with Crippen LogP contribution >= 0.6 is 0 Å². The number of nitrogens with zero attached hydrogens (tertiary/aromatic N) is 3. The lowest BCUT2D eigenvalue weighted by Crippen LogP contribution is -2.33. The molecule has 2 heterocycles. The number of hydrogen-bond acceptors (Lipinski definition) is 2. The van der Waals surface area contributed by atoms with Crippen molar-refractivity contribution in [2.24, 2.45) is 0 Å². The second-order valence-electron chi connectivity index (χ2n) is 7.65. The summed E-state index contributed by atoms with van der Waals surface area (Å²) < 4.78 is 4.06. The second-order valence-corrected chi connectivity index (χ2v) is 7.65. The van der Waals surface area contributed by atoms with Crippen LogP contribution in [0.4, 0.5) is 5.69 Å². The van der Waals surface area contributed by atoms with E-state index in [1.807, 2.05) is 72.1 Å². The van der Waals surface area contributed by atoms with E-state index in [0.717, 1.165) is 22.1 Å². The van der Waals surface area contributed by atoms with E-state index in [2.05, 4.69) is 28.1 Å². The van der Waals surface area contributed by atoms with Crippen LogP contribution in [0.2, 0.25) is 0 Å². The zero-order valence-corrected chi connectivity index (χ0v) is 18.0. The van der Waals surface area contributed by atoms with Gasteiger partial charge < -0.3 is 19.4 Å². The number of anilines is 1. The molecule has 4 aromatic rings. The van der Waals surface area contributed by atoms with Gasteiger partial charge in [-0.2, -0.15) is 0 Å². The van der Waals surface area contributed by atoms with Gasteiger partial charge in [-0.15, -0.1) is 0 Å². The van der Waals surface area contributed by atoms with E-state index >= 15 is 0 Å². The number of likely N-dealkylation sites (N-methyl/N-ethyl adjacent to an activating group) is 1. The Labute approximate surface area is 182 Å². The van der Waals surface area contributed by atoms with Gasteiger partial charge in [-0.05, 0) is 55.6 Å². The standard InChI is InChI=1S/C25H28N4O2/c1-3-27(4-2)25(31)18-29-15-12-20-17-21(9-10-23(20)29)26-24(30)13-16-28-14-11-19-7-5-6-8-22(19)28/h5-12,14-15,17H,3-4,13,16,18H2,1-2H3,(H,26,30). The summed E-state index contributed by atoms with van der Waals surface area (Å²) in [6.45, 7) is 6.35. The molecule has 2 amide bonds. The molecule has 6 nitrogen and oxygen atoms in total. The molecule has 0 spiro atoms. The van der Waals surface area contributed by atoms with Crippen molar-refractivity contribution in [3.8, 4) is 0 Å². The minimum atomic E-state index is -0.0201. The number of carbonyl (C=O) groups is 2. The number of amides is 2. The molecule has 0 saturated carbocycles. The molecule has 31 heavy (non-hydrogen) atoms. The molecule has 160 valence electrons. The number of nitrogens with one attached hydrogen (secondary N) is 1. The van der Waals surface area contributed by atoms with Crippen LogP contribution in [0.3, 0.4) is 0 Å². The SMILES string of the molecule is CCN(CC)C(=O)Cn1ccc2cc(NC(=O)CCn3ccc4ccccc43)ccc21. The minimum absolute atomic E-state index is 0.0201. The topological polar surface area (TPSA) is 59.3 Å². The molecule has 0 unspecified atom stereocenters. The monoisotopic (exact) mass is 416 g/mol. The molecule has 2 aromatic carbocycles. The van der Waals surface area contributed by atoms with Gasteiger partial charge in [0.1, 0.15) is 6.54 Å². The lowest BCUT2D eigenvalue weighted by molar-refractivity contribution is -0.131. The molecule has 0 aliphatic heterocycles. The summed E-state index contributed by atoms with van der Waals surface area (Å²) in [7, 11) is 0. The number of para-hydroxylation sites is 1. The van der Waals surface area contributed by atoms with Crippen LogP contribution < -0.4 is 5.32 Å². The Morgan fingerprint density at radius 2 is 1.58 bits per heavy atom. The van der Waals surface area contributed by atoms with Crippen molar-refractivity contribution in [3.63, 3.8) is 0 Å². The highest BCUT2D eigenvalue weighted by molar-refractivity contribution is 5.94. The summed E-state index contributed by atoms with van der Waals surface area (Å²) in [5.41, 5.74) is 2.89. The van der Waals surface area contributed by atoms with Gasteiger partial charge in [-0.3, -0.25) is 9.59 Å². The van der Waals surface area contributed by atoms with Crippen molar-refractivity contribution in [1.82, 2.24) is 14.0 Å². The summed E-state index contributed by atoms with van der Waals surface area (Å²) in [4.78, 5) is 26.7. The fraction of sp³-hybridized carbons (Fsp3) is 0.280. The Morgan fingerprint density at radius 1 is 0.871 bits per heavy atom. The quantitative estimate of drug-likeness (QED) is 0.460. The van der Waals surface area contributed by atoms with Crippen LogP contribution in [0.5, 0.6) is 0 Å². The summed E-state index contributed by atoms with van der Waals surface area (Å²) in [5.74, 6) is 0.0886. The molecule has 0 aliphatic rings. The third kappa shape index (κ3) is 4.48. The number of fused-ring (bicyclic) bond motifs is 2. The first-order chi connectivity index (χ1) is 15.1. The highest BCUT2D eigenvalue weighted by Gasteiger charge is 2.12. The maximum Gasteiger partial charge on any atom is 0.242 e. The van der Waals surface area contributed by atoms with E-state index in [0.29, 0.717) is 32.6 Å². The Morgan fingerprint density at radius 3 is 2.39 bits per heavy atom. The van der Waals surface area contributed by atoms with E-state index in [4.69, 9.17) is 0 Å². The number of carbonyl (C=O) groups excluding carboxylic acids is 2. The number of aryl methyl sites for hydroxylation is 1. The molecular formula is C25H28N4O2. The van der Waals surface area contributed by atoms with Gasteiger partial charge in [0.05, 0.1) is 0 Å². The van der Waals surface area contributed by atoms with Crippen LogP contribution in [0.15, 0.2) is 67.0 Å². The minimum Gasteiger partial charge on any atom is -0.347 e. The Bertz CT molecular complexity index is 1220. The lowest BCUT2D eigenvalue weighted by Gasteiger charge is -2.19. The molecule has 6 heteroatoms. The molecule has 4 rings (SSSR count). The van der Waals surface area contributed by atoms with Crippen LogP contribution in [-0.4, -0.2) is 38.9 Å². The molecule has 2 aromatic heterocycles. The molecule has 0 saturated heterocycles. The highest BCUT2D eigenvalue weighted by Crippen LogP contribution is 2.21. The van der Waals surface area contributed by atoms with E-state index in [1.54, 1.807) is 0 Å². The zero-order valence-electron chi connectivity index (χ0n) is 18.0. The number of hydrogen-bond donors (Lipinski definition) is 1. The van der Waals surface area contributed by atoms with Crippen molar-refractivity contribution in [2.45, 2.75) is 33.4 Å². The lowest BCUT2D eigenvalue weighted by atomic mass is 10.2. The van der Waals surface area contributed by atoms with Crippen molar-refractivity contribution in [2.75, 3.05) is 18.4 Å². The van der Waals surface area contributed by atoms with Gasteiger partial charge >= 0.3 is 0 Å². The summed E-state index contributed by atoms with van der Waals surface area (Å²) in [6, 6.07) is 18.0. The molecule has 0 bridgehead atoms. The Balaban J connectivity index is 1.39. The third-order valence-electron chi connectivity index (χ3n) is 5.74. The average Bonchev–Trinajstić information content (AvgIpc) is 3.37. The van der Waals surface area contributed by atoms with Crippen LogP contribution in [-0.2, 0) is 22.7 Å². The fourth-order valence-corrected chi connectivity index (χ4v) is 4.02. The normalized spacial score (nSPS) is 11.2. The van der Waals surface area contributed by atoms with E-state index < -0.39 is 0 Å². The average molecular weight is 417 g/mol. The predicted octanol–water partition coefficient (Wildman–Crippen LogP) is 4.49. The Kier molecular flexibility index (Phi) is 6.07. The molecule has 0 fully saturated rings. The highest BCUT2D eigenvalue weighted by atomic mass is 16.2. The Hall–Kier alpha value is -3.54. The first kappa shape index (κ1) is 20.7. The first-order valence-corrected chi connectivity index (χ1v) is 10.8. The van der Waals surface area contributed by atoms with Gasteiger partial charge in [0.15, 0.2) is 0 Å². The van der Waals surface area contributed by atoms with Gasteiger partial charge in [-0.25, -0.2) is 0 Å². The molecule has 1 N–H and O–H groups in total. The maximum atomic E-state index is 12.5. The number of aromatic nitrogens is 2. The number of benzene rings is 2. The van der Waals surface area contributed by atoms with Crippen molar-refractivity contribution in [3.05, 3.63) is 67.0 Å². The van der Waals surface area contributed by atoms with E-state index in [9.17, 15) is 9.59 Å². The third-order valence-corrected chi connectivity index (χ3v) is 5.74. The van der Waals surface area contributed by atoms with Gasteiger partial charge in [0, 0.05) is 60.6 Å². The van der Waals surface area contributed by atoms with Crippen LogP contribution in [0.25, 0.3) is 21.8 Å². The summed E-state index contributed by atoms with van der Waals surface area (Å²) >= 11 is 0. The summed E-state index contributed by atoms with van der Waals surface area (Å²) in [6.07, 6.45) is 4.34. The molecular weight excluding hydrogens is 388 g/mol. The molecule has 0 radical (unpaired) electrons. The van der Waals surface area contributed by atoms with Gasteiger partial charge in [-0.1, -0.05) is 18.2 Å². The van der Waals surface area contributed by atoms with Crippen LogP contribution in [0, 0.1) is 0 Å². The zero-order chi connectivity index (χ0) is 21.8. The van der Waals surface area contributed by atoms with Crippen molar-refractivity contribution in [1.29, 1.82) is 0 Å². The fourth-order valence-electron chi connectivity index (χ4n) is 4.02. The van der Waals surface area contributed by atoms with Gasteiger partial charge in [0.25, 0.3) is 0 Å². The largest absolute Gasteiger partial charge is 0.347 e. The van der Waals surface area contributed by atoms with E-state index in [-0.39, 0.29) is 11.8 Å². The predicted molar refractivity (Wildman–Crippen MR) is 125 cm³/mol. The smallest absolute Gasteiger partial charge is 0.242 e. The van der Waals surface area contributed by atoms with Gasteiger partial charge in [0.2, 0.25) is 11.8 Å². The van der Waals surface area contributed by atoms with Crippen molar-refractivity contribution >= 4 is 39.3 Å².